The monoisotopic (exact) mass is 364 g/mol. The maximum atomic E-state index is 12.6. The van der Waals surface area contributed by atoms with Crippen LogP contribution in [0.1, 0.15) is 29.2 Å². The van der Waals surface area contributed by atoms with Gasteiger partial charge in [-0.1, -0.05) is 54.1 Å². The van der Waals surface area contributed by atoms with Crippen molar-refractivity contribution >= 4 is 11.9 Å². The zero-order chi connectivity index (χ0) is 19.1. The first kappa shape index (κ1) is 19.0. The fourth-order valence-electron chi connectivity index (χ4n) is 3.30. The first-order valence-corrected chi connectivity index (χ1v) is 9.58. The van der Waals surface area contributed by atoms with E-state index in [-0.39, 0.29) is 12.5 Å². The number of carbonyl (C=O) groups is 1. The van der Waals surface area contributed by atoms with Gasteiger partial charge in [-0.05, 0) is 37.0 Å². The van der Waals surface area contributed by atoms with Gasteiger partial charge in [0.2, 0.25) is 5.91 Å². The van der Waals surface area contributed by atoms with Crippen LogP contribution in [0.2, 0.25) is 0 Å². The Morgan fingerprint density at radius 3 is 2.70 bits per heavy atom. The van der Waals surface area contributed by atoms with Crippen LogP contribution in [0.25, 0.3) is 0 Å². The lowest BCUT2D eigenvalue weighted by atomic mass is 10.00. The van der Waals surface area contributed by atoms with Crippen molar-refractivity contribution in [2.24, 2.45) is 4.99 Å². The molecular weight excluding hydrogens is 336 g/mol. The molecule has 0 atom stereocenters. The molecule has 0 unspecified atom stereocenters. The number of nitrogens with one attached hydrogen (secondary N) is 2. The van der Waals surface area contributed by atoms with Crippen LogP contribution in [0.3, 0.4) is 0 Å². The van der Waals surface area contributed by atoms with E-state index in [9.17, 15) is 4.79 Å². The van der Waals surface area contributed by atoms with Gasteiger partial charge in [-0.15, -0.1) is 0 Å². The second-order valence-electron chi connectivity index (χ2n) is 6.87. The number of aryl methyl sites for hydroxylation is 1. The maximum Gasteiger partial charge on any atom is 0.242 e. The molecule has 142 valence electrons. The molecule has 2 aromatic carbocycles. The molecule has 2 N–H and O–H groups in total. The van der Waals surface area contributed by atoms with Crippen molar-refractivity contribution in [3.63, 3.8) is 0 Å². The molecule has 0 bridgehead atoms. The van der Waals surface area contributed by atoms with Gasteiger partial charge in [0.1, 0.15) is 0 Å². The van der Waals surface area contributed by atoms with E-state index in [0.717, 1.165) is 25.1 Å². The molecule has 0 saturated heterocycles. The molecule has 0 saturated carbocycles. The summed E-state index contributed by atoms with van der Waals surface area (Å²) < 4.78 is 0. The van der Waals surface area contributed by atoms with Crippen molar-refractivity contribution in [3.05, 3.63) is 70.8 Å². The van der Waals surface area contributed by atoms with Crippen molar-refractivity contribution in [2.75, 3.05) is 19.6 Å². The van der Waals surface area contributed by atoms with Crippen LogP contribution in [0.4, 0.5) is 0 Å². The Bertz CT molecular complexity index is 815. The summed E-state index contributed by atoms with van der Waals surface area (Å²) in [5.74, 6) is 0.774. The Balaban J connectivity index is 1.56. The van der Waals surface area contributed by atoms with Gasteiger partial charge >= 0.3 is 0 Å². The van der Waals surface area contributed by atoms with Crippen LogP contribution in [-0.4, -0.2) is 36.4 Å². The maximum absolute atomic E-state index is 12.6. The third kappa shape index (κ3) is 5.33. The summed E-state index contributed by atoms with van der Waals surface area (Å²) in [5, 5.41) is 6.38. The van der Waals surface area contributed by atoms with Gasteiger partial charge in [-0.25, -0.2) is 4.99 Å². The molecular formula is C22H28N4O. The summed E-state index contributed by atoms with van der Waals surface area (Å²) in [5.41, 5.74) is 4.98. The topological polar surface area (TPSA) is 56.7 Å². The van der Waals surface area contributed by atoms with Crippen molar-refractivity contribution in [2.45, 2.75) is 33.4 Å². The molecule has 5 nitrogen and oxygen atoms in total. The Kier molecular flexibility index (Phi) is 6.47. The summed E-state index contributed by atoms with van der Waals surface area (Å²) >= 11 is 0. The molecule has 0 spiro atoms. The highest BCUT2D eigenvalue weighted by atomic mass is 16.2. The zero-order valence-corrected chi connectivity index (χ0v) is 16.2. The largest absolute Gasteiger partial charge is 0.357 e. The molecule has 0 radical (unpaired) electrons. The minimum atomic E-state index is 0.102. The molecule has 3 rings (SSSR count). The fourth-order valence-corrected chi connectivity index (χ4v) is 3.30. The van der Waals surface area contributed by atoms with Crippen molar-refractivity contribution < 1.29 is 4.79 Å². The van der Waals surface area contributed by atoms with Gasteiger partial charge in [0.15, 0.2) is 5.96 Å². The van der Waals surface area contributed by atoms with Crippen LogP contribution in [0.15, 0.2) is 53.5 Å². The SMILES string of the molecule is CCNC(=NCc1cccc(C)c1)NCC(=O)N1CCc2ccccc2C1. The fraction of sp³-hybridized carbons (Fsp3) is 0.364. The van der Waals surface area contributed by atoms with E-state index in [4.69, 9.17) is 0 Å². The van der Waals surface area contributed by atoms with E-state index in [2.05, 4.69) is 58.9 Å². The minimum absolute atomic E-state index is 0.102. The van der Waals surface area contributed by atoms with E-state index in [1.54, 1.807) is 0 Å². The molecule has 1 amide bonds. The Labute approximate surface area is 161 Å². The lowest BCUT2D eigenvalue weighted by Crippen LogP contribution is -2.45. The predicted molar refractivity (Wildman–Crippen MR) is 110 cm³/mol. The van der Waals surface area contributed by atoms with E-state index in [1.165, 1.54) is 16.7 Å². The normalized spacial score (nSPS) is 13.9. The quantitative estimate of drug-likeness (QED) is 0.633. The lowest BCUT2D eigenvalue weighted by Gasteiger charge is -2.29. The Morgan fingerprint density at radius 1 is 1.11 bits per heavy atom. The van der Waals surface area contributed by atoms with Crippen LogP contribution < -0.4 is 10.6 Å². The zero-order valence-electron chi connectivity index (χ0n) is 16.2. The first-order valence-electron chi connectivity index (χ1n) is 9.58. The van der Waals surface area contributed by atoms with Crippen LogP contribution >= 0.6 is 0 Å². The van der Waals surface area contributed by atoms with Gasteiger partial charge in [-0.3, -0.25) is 4.79 Å². The second-order valence-corrected chi connectivity index (χ2v) is 6.87. The molecule has 0 aromatic heterocycles. The van der Waals surface area contributed by atoms with Gasteiger partial charge in [0.25, 0.3) is 0 Å². The minimum Gasteiger partial charge on any atom is -0.357 e. The average Bonchev–Trinajstić information content (AvgIpc) is 2.69. The molecule has 5 heteroatoms. The molecule has 0 aliphatic carbocycles. The van der Waals surface area contributed by atoms with Crippen LogP contribution in [0.5, 0.6) is 0 Å². The highest BCUT2D eigenvalue weighted by Gasteiger charge is 2.20. The lowest BCUT2D eigenvalue weighted by molar-refractivity contribution is -0.130. The third-order valence-electron chi connectivity index (χ3n) is 4.74. The number of rotatable bonds is 5. The second kappa shape index (κ2) is 9.21. The van der Waals surface area contributed by atoms with Crippen LogP contribution in [0, 0.1) is 6.92 Å². The number of hydrogen-bond acceptors (Lipinski definition) is 2. The summed E-state index contributed by atoms with van der Waals surface area (Å²) in [6.07, 6.45) is 0.920. The van der Waals surface area contributed by atoms with E-state index in [1.807, 2.05) is 24.0 Å². The molecule has 1 aliphatic heterocycles. The van der Waals surface area contributed by atoms with E-state index in [0.29, 0.717) is 19.0 Å². The average molecular weight is 364 g/mol. The summed E-state index contributed by atoms with van der Waals surface area (Å²) in [6.45, 7) is 7.15. The Hall–Kier alpha value is -2.82. The van der Waals surface area contributed by atoms with Crippen molar-refractivity contribution in [1.29, 1.82) is 0 Å². The number of hydrogen-bond donors (Lipinski definition) is 2. The van der Waals surface area contributed by atoms with E-state index < -0.39 is 0 Å². The number of benzene rings is 2. The van der Waals surface area contributed by atoms with Crippen LogP contribution in [-0.2, 0) is 24.3 Å². The number of guanidine groups is 1. The third-order valence-corrected chi connectivity index (χ3v) is 4.74. The number of fused-ring (bicyclic) bond motifs is 1. The van der Waals surface area contributed by atoms with Crippen molar-refractivity contribution in [3.8, 4) is 0 Å². The number of nitrogens with zero attached hydrogens (tertiary/aromatic N) is 2. The highest BCUT2D eigenvalue weighted by molar-refractivity contribution is 5.86. The van der Waals surface area contributed by atoms with E-state index >= 15 is 0 Å². The summed E-state index contributed by atoms with van der Waals surface area (Å²) in [7, 11) is 0. The number of amides is 1. The molecule has 0 fully saturated rings. The predicted octanol–water partition coefficient (Wildman–Crippen LogP) is 2.64. The van der Waals surface area contributed by atoms with Gasteiger partial charge in [-0.2, -0.15) is 0 Å². The Morgan fingerprint density at radius 2 is 1.93 bits per heavy atom. The first-order chi connectivity index (χ1) is 13.2. The molecule has 27 heavy (non-hydrogen) atoms. The highest BCUT2D eigenvalue weighted by Crippen LogP contribution is 2.18. The number of aliphatic imine (C=N–C) groups is 1. The number of carbonyl (C=O) groups excluding carboxylic acids is 1. The smallest absolute Gasteiger partial charge is 0.242 e. The molecule has 2 aromatic rings. The van der Waals surface area contributed by atoms with Crippen molar-refractivity contribution in [1.82, 2.24) is 15.5 Å². The summed E-state index contributed by atoms with van der Waals surface area (Å²) in [6, 6.07) is 16.7. The standard InChI is InChI=1S/C22H28N4O/c1-3-23-22(24-14-18-8-6-7-17(2)13-18)25-15-21(27)26-12-11-19-9-4-5-10-20(19)16-26/h4-10,13H,3,11-12,14-16H2,1-2H3,(H2,23,24,25). The van der Waals surface area contributed by atoms with Gasteiger partial charge in [0, 0.05) is 19.6 Å². The molecule has 1 aliphatic rings. The summed E-state index contributed by atoms with van der Waals surface area (Å²) in [4.78, 5) is 19.1. The van der Waals surface area contributed by atoms with Gasteiger partial charge < -0.3 is 15.5 Å². The molecule has 1 heterocycles. The van der Waals surface area contributed by atoms with Gasteiger partial charge in [0.05, 0.1) is 13.1 Å².